The van der Waals surface area contributed by atoms with E-state index < -0.39 is 15.8 Å². The van der Waals surface area contributed by atoms with Gasteiger partial charge in [-0.2, -0.15) is 4.31 Å². The molecule has 2 atom stereocenters. The molecule has 0 spiro atoms. The summed E-state index contributed by atoms with van der Waals surface area (Å²) >= 11 is 5.94. The Kier molecular flexibility index (Phi) is 4.37. The lowest BCUT2D eigenvalue weighted by Crippen LogP contribution is -2.47. The van der Waals surface area contributed by atoms with Crippen LogP contribution in [0.1, 0.15) is 19.8 Å². The first-order valence-corrected chi connectivity index (χ1v) is 9.33. The van der Waals surface area contributed by atoms with E-state index in [4.69, 9.17) is 11.6 Å². The van der Waals surface area contributed by atoms with Crippen LogP contribution in [0.15, 0.2) is 23.1 Å². The van der Waals surface area contributed by atoms with E-state index in [1.165, 1.54) is 17.3 Å². The molecule has 3 aliphatic heterocycles. The van der Waals surface area contributed by atoms with Crippen molar-refractivity contribution in [3.8, 4) is 0 Å². The third-order valence-electron chi connectivity index (χ3n) is 4.59. The molecule has 0 radical (unpaired) electrons. The fourth-order valence-electron chi connectivity index (χ4n) is 3.40. The normalized spacial score (nSPS) is 25.4. The third-order valence-corrected chi connectivity index (χ3v) is 6.99. The van der Waals surface area contributed by atoms with Crippen LogP contribution in [0.3, 0.4) is 0 Å². The summed E-state index contributed by atoms with van der Waals surface area (Å²) in [5, 5.41) is -0.117. The van der Waals surface area contributed by atoms with Gasteiger partial charge in [0.05, 0.1) is 5.02 Å². The molecule has 3 aliphatic rings. The molecular formula is C15H18ClFN2O3S. The van der Waals surface area contributed by atoms with Gasteiger partial charge in [0.25, 0.3) is 0 Å². The number of rotatable bonds is 2. The van der Waals surface area contributed by atoms with Crippen molar-refractivity contribution >= 4 is 27.5 Å². The van der Waals surface area contributed by atoms with Crippen LogP contribution in [0.2, 0.25) is 5.02 Å². The summed E-state index contributed by atoms with van der Waals surface area (Å²) in [6.45, 7) is 2.84. The van der Waals surface area contributed by atoms with Gasteiger partial charge in [0.2, 0.25) is 15.9 Å². The maximum atomic E-state index is 13.2. The maximum Gasteiger partial charge on any atom is 0.244 e. The highest BCUT2D eigenvalue weighted by molar-refractivity contribution is 7.89. The summed E-state index contributed by atoms with van der Waals surface area (Å²) < 4.78 is 40.5. The van der Waals surface area contributed by atoms with Gasteiger partial charge in [-0.25, -0.2) is 12.8 Å². The van der Waals surface area contributed by atoms with Gasteiger partial charge in [0.15, 0.2) is 0 Å². The minimum absolute atomic E-state index is 0.0408. The van der Waals surface area contributed by atoms with Gasteiger partial charge in [0, 0.05) is 32.6 Å². The molecule has 8 heteroatoms. The van der Waals surface area contributed by atoms with Crippen LogP contribution in [-0.4, -0.2) is 49.2 Å². The van der Waals surface area contributed by atoms with Crippen molar-refractivity contribution in [1.29, 1.82) is 0 Å². The Balaban J connectivity index is 1.96. The van der Waals surface area contributed by atoms with Crippen LogP contribution in [0, 0.1) is 11.7 Å². The van der Waals surface area contributed by atoms with Gasteiger partial charge < -0.3 is 4.90 Å². The van der Waals surface area contributed by atoms with Crippen molar-refractivity contribution in [2.24, 2.45) is 5.92 Å². The van der Waals surface area contributed by atoms with E-state index >= 15 is 0 Å². The number of halogens is 2. The molecule has 3 saturated heterocycles. The van der Waals surface area contributed by atoms with E-state index in [1.807, 2.05) is 0 Å². The summed E-state index contributed by atoms with van der Waals surface area (Å²) in [5.41, 5.74) is 0. The Morgan fingerprint density at radius 2 is 2.00 bits per heavy atom. The zero-order valence-corrected chi connectivity index (χ0v) is 14.3. The highest BCUT2D eigenvalue weighted by Gasteiger charge is 2.42. The van der Waals surface area contributed by atoms with Crippen molar-refractivity contribution in [2.45, 2.75) is 30.7 Å². The second-order valence-electron chi connectivity index (χ2n) is 6.17. The van der Waals surface area contributed by atoms with Crippen LogP contribution in [0.5, 0.6) is 0 Å². The molecule has 5 nitrogen and oxygen atoms in total. The van der Waals surface area contributed by atoms with Gasteiger partial charge in [-0.05, 0) is 37.0 Å². The lowest BCUT2D eigenvalue weighted by molar-refractivity contribution is -0.129. The summed E-state index contributed by atoms with van der Waals surface area (Å²) in [4.78, 5) is 13.3. The number of carbonyl (C=O) groups excluding carboxylic acids is 1. The standard InChI is InChI=1S/C15H18ClFN2O3S/c1-10(20)18-7-11-2-4-13(9-18)19(8-11)23(21,22)15-5-3-12(17)6-14(15)16/h3,5-6,11,13H,2,4,7-9H2,1H3/t11-,13+/m0/s1. The minimum Gasteiger partial charge on any atom is -0.341 e. The SMILES string of the molecule is CC(=O)N1C[C@@H]2CC[C@H](C1)N(S(=O)(=O)c1ccc(F)cc1Cl)C2. The fourth-order valence-corrected chi connectivity index (χ4v) is 5.63. The Labute approximate surface area is 140 Å². The summed E-state index contributed by atoms with van der Waals surface area (Å²) in [7, 11) is -3.82. The number of sulfonamides is 1. The third kappa shape index (κ3) is 3.09. The van der Waals surface area contributed by atoms with Gasteiger partial charge in [-0.3, -0.25) is 4.79 Å². The number of carbonyl (C=O) groups is 1. The number of piperidine rings is 1. The Morgan fingerprint density at radius 1 is 1.26 bits per heavy atom. The zero-order chi connectivity index (χ0) is 16.8. The molecule has 4 rings (SSSR count). The second kappa shape index (κ2) is 6.03. The van der Waals surface area contributed by atoms with E-state index in [0.717, 1.165) is 18.6 Å². The topological polar surface area (TPSA) is 57.7 Å². The summed E-state index contributed by atoms with van der Waals surface area (Å²) in [5.74, 6) is -0.498. The van der Waals surface area contributed by atoms with Gasteiger partial charge in [-0.1, -0.05) is 11.6 Å². The first-order valence-electron chi connectivity index (χ1n) is 7.51. The number of hydrogen-bond acceptors (Lipinski definition) is 3. The molecule has 2 bridgehead atoms. The average molecular weight is 361 g/mol. The van der Waals surface area contributed by atoms with E-state index in [0.29, 0.717) is 26.1 Å². The average Bonchev–Trinajstić information content (AvgIpc) is 2.78. The van der Waals surface area contributed by atoms with E-state index in [1.54, 1.807) is 4.90 Å². The van der Waals surface area contributed by atoms with Gasteiger partial charge >= 0.3 is 0 Å². The molecule has 23 heavy (non-hydrogen) atoms. The molecule has 3 heterocycles. The van der Waals surface area contributed by atoms with Crippen molar-refractivity contribution < 1.29 is 17.6 Å². The highest BCUT2D eigenvalue weighted by atomic mass is 35.5. The van der Waals surface area contributed by atoms with Crippen LogP contribution < -0.4 is 0 Å². The molecule has 1 amide bonds. The van der Waals surface area contributed by atoms with Crippen molar-refractivity contribution in [2.75, 3.05) is 19.6 Å². The highest BCUT2D eigenvalue weighted by Crippen LogP contribution is 2.34. The Hall–Kier alpha value is -1.18. The molecule has 126 valence electrons. The Bertz CT molecular complexity index is 740. The second-order valence-corrected chi connectivity index (χ2v) is 8.44. The van der Waals surface area contributed by atoms with Crippen LogP contribution >= 0.6 is 11.6 Å². The molecule has 1 aromatic rings. The first kappa shape index (κ1) is 16.7. The summed E-state index contributed by atoms with van der Waals surface area (Å²) in [6, 6.07) is 3.04. The zero-order valence-electron chi connectivity index (χ0n) is 12.7. The van der Waals surface area contributed by atoms with Crippen molar-refractivity contribution in [1.82, 2.24) is 9.21 Å². The van der Waals surface area contributed by atoms with E-state index in [-0.39, 0.29) is 27.8 Å². The molecule has 0 unspecified atom stereocenters. The van der Waals surface area contributed by atoms with Crippen molar-refractivity contribution in [3.63, 3.8) is 0 Å². The number of fused-ring (bicyclic) bond motifs is 4. The molecule has 3 fully saturated rings. The van der Waals surface area contributed by atoms with E-state index in [2.05, 4.69) is 0 Å². The number of amides is 1. The quantitative estimate of drug-likeness (QED) is 0.811. The Morgan fingerprint density at radius 3 is 2.65 bits per heavy atom. The monoisotopic (exact) mass is 360 g/mol. The number of hydrogen-bond donors (Lipinski definition) is 0. The lowest BCUT2D eigenvalue weighted by atomic mass is 9.97. The number of nitrogens with zero attached hydrogens (tertiary/aromatic N) is 2. The van der Waals surface area contributed by atoms with Gasteiger partial charge in [0.1, 0.15) is 10.7 Å². The summed E-state index contributed by atoms with van der Waals surface area (Å²) in [6.07, 6.45) is 1.62. The minimum atomic E-state index is -3.82. The predicted octanol–water partition coefficient (Wildman–Crippen LogP) is 2.11. The van der Waals surface area contributed by atoms with E-state index in [9.17, 15) is 17.6 Å². The van der Waals surface area contributed by atoms with Crippen molar-refractivity contribution in [3.05, 3.63) is 29.0 Å². The first-order chi connectivity index (χ1) is 10.8. The number of benzene rings is 1. The van der Waals surface area contributed by atoms with Gasteiger partial charge in [-0.15, -0.1) is 0 Å². The molecule has 0 N–H and O–H groups in total. The molecule has 0 saturated carbocycles. The molecule has 0 aliphatic carbocycles. The lowest BCUT2D eigenvalue weighted by Gasteiger charge is -2.35. The maximum absolute atomic E-state index is 13.2. The molecule has 1 aromatic carbocycles. The molecular weight excluding hydrogens is 343 g/mol. The fraction of sp³-hybridized carbons (Fsp3) is 0.533. The largest absolute Gasteiger partial charge is 0.341 e. The van der Waals surface area contributed by atoms with Crippen LogP contribution in [0.4, 0.5) is 4.39 Å². The van der Waals surface area contributed by atoms with Crippen LogP contribution in [0.25, 0.3) is 0 Å². The van der Waals surface area contributed by atoms with Crippen LogP contribution in [-0.2, 0) is 14.8 Å². The molecule has 0 aromatic heterocycles. The predicted molar refractivity (Wildman–Crippen MR) is 84.1 cm³/mol. The smallest absolute Gasteiger partial charge is 0.244 e.